The summed E-state index contributed by atoms with van der Waals surface area (Å²) in [6.45, 7) is 3.37. The zero-order valence-corrected chi connectivity index (χ0v) is 15.4. The molecule has 1 aliphatic heterocycles. The molecule has 0 unspecified atom stereocenters. The number of hydrogen-bond donors (Lipinski definition) is 0. The first-order valence-electron chi connectivity index (χ1n) is 8.77. The van der Waals surface area contributed by atoms with Crippen LogP contribution in [0.2, 0.25) is 0 Å². The summed E-state index contributed by atoms with van der Waals surface area (Å²) in [5, 5.41) is 0. The number of benzene rings is 1. The molecule has 1 saturated heterocycles. The lowest BCUT2D eigenvalue weighted by Crippen LogP contribution is -2.50. The molecule has 2 aliphatic rings. The fourth-order valence-electron chi connectivity index (χ4n) is 3.44. The molecule has 1 aromatic rings. The highest BCUT2D eigenvalue weighted by molar-refractivity contribution is 5.79. The van der Waals surface area contributed by atoms with E-state index in [4.69, 9.17) is 18.9 Å². The molecule has 1 aliphatic carbocycles. The number of amides is 1. The molecular weight excluding hydrogens is 322 g/mol. The number of carbonyl (C=O) groups excluding carboxylic acids is 1. The van der Waals surface area contributed by atoms with Crippen LogP contribution in [0, 0.1) is 5.92 Å². The molecule has 0 radical (unpaired) electrons. The number of methoxy groups -OCH3 is 3. The molecule has 0 aromatic heterocycles. The lowest BCUT2D eigenvalue weighted by atomic mass is 10.1. The van der Waals surface area contributed by atoms with Gasteiger partial charge in [0.2, 0.25) is 11.7 Å². The van der Waals surface area contributed by atoms with E-state index in [9.17, 15) is 4.79 Å². The Hall–Kier alpha value is -1.95. The topological polar surface area (TPSA) is 57.2 Å². The summed E-state index contributed by atoms with van der Waals surface area (Å²) in [6.07, 6.45) is 3.01. The number of morpholine rings is 1. The minimum atomic E-state index is 0.0863. The lowest BCUT2D eigenvalue weighted by molar-refractivity contribution is -0.145. The smallest absolute Gasteiger partial charge is 0.227 e. The van der Waals surface area contributed by atoms with E-state index >= 15 is 0 Å². The van der Waals surface area contributed by atoms with Crippen LogP contribution in [0.1, 0.15) is 25.3 Å². The molecule has 1 aromatic carbocycles. The molecule has 0 N–H and O–H groups in total. The average molecular weight is 349 g/mol. The second kappa shape index (κ2) is 7.52. The zero-order valence-electron chi connectivity index (χ0n) is 15.4. The predicted molar refractivity (Wildman–Crippen MR) is 93.4 cm³/mol. The van der Waals surface area contributed by atoms with E-state index < -0.39 is 0 Å². The SMILES string of the molecule is COc1cc(CC(=O)N2C[C@@H](C3CC3)O[C@@H](C)C2)cc(OC)c1OC. The molecule has 0 spiro atoms. The van der Waals surface area contributed by atoms with Crippen LogP contribution in [0.25, 0.3) is 0 Å². The Morgan fingerprint density at radius 2 is 1.76 bits per heavy atom. The van der Waals surface area contributed by atoms with Crippen LogP contribution in [-0.4, -0.2) is 57.4 Å². The van der Waals surface area contributed by atoms with Gasteiger partial charge in [-0.2, -0.15) is 0 Å². The van der Waals surface area contributed by atoms with Crippen LogP contribution in [0.4, 0.5) is 0 Å². The summed E-state index contributed by atoms with van der Waals surface area (Å²) in [5.41, 5.74) is 0.849. The maximum absolute atomic E-state index is 12.8. The summed E-state index contributed by atoms with van der Waals surface area (Å²) in [4.78, 5) is 14.7. The maximum atomic E-state index is 12.8. The van der Waals surface area contributed by atoms with Crippen molar-refractivity contribution in [3.63, 3.8) is 0 Å². The fourth-order valence-corrected chi connectivity index (χ4v) is 3.44. The molecule has 6 heteroatoms. The molecule has 1 amide bonds. The summed E-state index contributed by atoms with van der Waals surface area (Å²) >= 11 is 0. The Labute approximate surface area is 149 Å². The van der Waals surface area contributed by atoms with Crippen LogP contribution in [0.15, 0.2) is 12.1 Å². The third kappa shape index (κ3) is 4.00. The van der Waals surface area contributed by atoms with Crippen molar-refractivity contribution in [2.75, 3.05) is 34.4 Å². The van der Waals surface area contributed by atoms with Crippen LogP contribution in [0.5, 0.6) is 17.2 Å². The average Bonchev–Trinajstić information content (AvgIpc) is 3.45. The molecule has 3 rings (SSSR count). The van der Waals surface area contributed by atoms with E-state index in [2.05, 4.69) is 0 Å². The molecule has 2 fully saturated rings. The van der Waals surface area contributed by atoms with Gasteiger partial charge < -0.3 is 23.8 Å². The van der Waals surface area contributed by atoms with E-state index in [1.54, 1.807) is 21.3 Å². The molecule has 6 nitrogen and oxygen atoms in total. The molecular formula is C19H27NO5. The number of hydrogen-bond acceptors (Lipinski definition) is 5. The van der Waals surface area contributed by atoms with Gasteiger partial charge in [-0.3, -0.25) is 4.79 Å². The molecule has 2 atom stereocenters. The largest absolute Gasteiger partial charge is 0.493 e. The number of rotatable bonds is 6. The normalized spacial score (nSPS) is 23.3. The van der Waals surface area contributed by atoms with Crippen molar-refractivity contribution in [3.05, 3.63) is 17.7 Å². The highest BCUT2D eigenvalue weighted by Crippen LogP contribution is 2.39. The van der Waals surface area contributed by atoms with Crippen molar-refractivity contribution in [3.8, 4) is 17.2 Å². The number of ether oxygens (including phenoxy) is 4. The van der Waals surface area contributed by atoms with Gasteiger partial charge in [0.05, 0.1) is 40.0 Å². The number of carbonyl (C=O) groups is 1. The van der Waals surface area contributed by atoms with Gasteiger partial charge >= 0.3 is 0 Å². The third-order valence-electron chi connectivity index (χ3n) is 4.87. The Balaban J connectivity index is 1.73. The van der Waals surface area contributed by atoms with E-state index in [1.165, 1.54) is 12.8 Å². The standard InChI is InChI=1S/C19H27NO5/c1-12-10-20(11-17(25-12)14-5-6-14)18(21)9-13-7-15(22-2)19(24-4)16(8-13)23-3/h7-8,12,14,17H,5-6,9-11H2,1-4H3/t12-,17-/m0/s1. The van der Waals surface area contributed by atoms with Gasteiger partial charge in [-0.15, -0.1) is 0 Å². The first-order valence-corrected chi connectivity index (χ1v) is 8.77. The lowest BCUT2D eigenvalue weighted by Gasteiger charge is -2.37. The molecule has 138 valence electrons. The van der Waals surface area contributed by atoms with Crippen LogP contribution < -0.4 is 14.2 Å². The van der Waals surface area contributed by atoms with Gasteiger partial charge in [0.15, 0.2) is 11.5 Å². The van der Waals surface area contributed by atoms with Gasteiger partial charge in [-0.05, 0) is 43.4 Å². The van der Waals surface area contributed by atoms with Crippen molar-refractivity contribution in [2.45, 2.75) is 38.4 Å². The summed E-state index contributed by atoms with van der Waals surface area (Å²) in [7, 11) is 4.72. The highest BCUT2D eigenvalue weighted by Gasteiger charge is 2.38. The van der Waals surface area contributed by atoms with E-state index in [-0.39, 0.29) is 18.1 Å². The van der Waals surface area contributed by atoms with Crippen molar-refractivity contribution in [2.24, 2.45) is 5.92 Å². The zero-order chi connectivity index (χ0) is 18.0. The second-order valence-corrected chi connectivity index (χ2v) is 6.83. The van der Waals surface area contributed by atoms with Crippen molar-refractivity contribution in [1.29, 1.82) is 0 Å². The molecule has 1 saturated carbocycles. The maximum Gasteiger partial charge on any atom is 0.227 e. The van der Waals surface area contributed by atoms with Gasteiger partial charge in [0.1, 0.15) is 0 Å². The van der Waals surface area contributed by atoms with E-state index in [0.717, 1.165) is 5.56 Å². The first kappa shape index (κ1) is 17.9. The molecule has 25 heavy (non-hydrogen) atoms. The minimum Gasteiger partial charge on any atom is -0.493 e. The van der Waals surface area contributed by atoms with Crippen molar-refractivity contribution in [1.82, 2.24) is 4.90 Å². The summed E-state index contributed by atoms with van der Waals surface area (Å²) in [6, 6.07) is 3.67. The van der Waals surface area contributed by atoms with Crippen LogP contribution in [-0.2, 0) is 16.0 Å². The quantitative estimate of drug-likeness (QED) is 0.789. The number of nitrogens with zero attached hydrogens (tertiary/aromatic N) is 1. The van der Waals surface area contributed by atoms with Gasteiger partial charge in [0, 0.05) is 13.1 Å². The monoisotopic (exact) mass is 349 g/mol. The predicted octanol–water partition coefficient (Wildman–Crippen LogP) is 2.28. The van der Waals surface area contributed by atoms with E-state index in [1.807, 2.05) is 24.0 Å². The Morgan fingerprint density at radius 1 is 1.12 bits per heavy atom. The van der Waals surface area contributed by atoms with Gasteiger partial charge in [-0.1, -0.05) is 0 Å². The minimum absolute atomic E-state index is 0.0863. The molecule has 1 heterocycles. The molecule has 0 bridgehead atoms. The van der Waals surface area contributed by atoms with Crippen LogP contribution in [0.3, 0.4) is 0 Å². The fraction of sp³-hybridized carbons (Fsp3) is 0.632. The van der Waals surface area contributed by atoms with Gasteiger partial charge in [0.25, 0.3) is 0 Å². The Bertz CT molecular complexity index is 603. The van der Waals surface area contributed by atoms with Crippen LogP contribution >= 0.6 is 0 Å². The van der Waals surface area contributed by atoms with Gasteiger partial charge in [-0.25, -0.2) is 0 Å². The highest BCUT2D eigenvalue weighted by atomic mass is 16.5. The summed E-state index contributed by atoms with van der Waals surface area (Å²) < 4.78 is 22.1. The third-order valence-corrected chi connectivity index (χ3v) is 4.87. The van der Waals surface area contributed by atoms with E-state index in [0.29, 0.717) is 42.7 Å². The Kier molecular flexibility index (Phi) is 5.37. The Morgan fingerprint density at radius 3 is 2.28 bits per heavy atom. The van der Waals surface area contributed by atoms with Crippen molar-refractivity contribution < 1.29 is 23.7 Å². The van der Waals surface area contributed by atoms with Crippen molar-refractivity contribution >= 4 is 5.91 Å². The summed E-state index contributed by atoms with van der Waals surface area (Å²) in [5.74, 6) is 2.40. The first-order chi connectivity index (χ1) is 12.0. The second-order valence-electron chi connectivity index (χ2n) is 6.83.